The Hall–Kier alpha value is -1.69. The van der Waals surface area contributed by atoms with E-state index in [1.165, 1.54) is 17.8 Å². The molecule has 110 valence electrons. The van der Waals surface area contributed by atoms with Crippen molar-refractivity contribution in [2.45, 2.75) is 25.2 Å². The number of hydrogen-bond acceptors (Lipinski definition) is 6. The van der Waals surface area contributed by atoms with Crippen LogP contribution in [0.1, 0.15) is 19.4 Å². The summed E-state index contributed by atoms with van der Waals surface area (Å²) < 4.78 is 9.71. The minimum Gasteiger partial charge on any atom is -0.508 e. The molecule has 1 aromatic rings. The lowest BCUT2D eigenvalue weighted by molar-refractivity contribution is -0.142. The van der Waals surface area contributed by atoms with Crippen molar-refractivity contribution in [1.29, 1.82) is 0 Å². The van der Waals surface area contributed by atoms with Gasteiger partial charge in [-0.25, -0.2) is 0 Å². The van der Waals surface area contributed by atoms with Crippen molar-refractivity contribution in [3.05, 3.63) is 23.8 Å². The summed E-state index contributed by atoms with van der Waals surface area (Å²) in [6.07, 6.45) is -0.0222. The molecule has 0 saturated heterocycles. The SMILES string of the molecule is CCOC(=O)CSc1cccc(O)c1CC(=O)OCC. The van der Waals surface area contributed by atoms with E-state index in [0.29, 0.717) is 17.1 Å². The number of ether oxygens (including phenoxy) is 2. The fourth-order valence-corrected chi connectivity index (χ4v) is 2.45. The lowest BCUT2D eigenvalue weighted by atomic mass is 10.1. The van der Waals surface area contributed by atoms with Gasteiger partial charge >= 0.3 is 11.9 Å². The van der Waals surface area contributed by atoms with Crippen LogP contribution in [-0.2, 0) is 25.5 Å². The van der Waals surface area contributed by atoms with Crippen molar-refractivity contribution in [2.24, 2.45) is 0 Å². The van der Waals surface area contributed by atoms with Crippen molar-refractivity contribution in [1.82, 2.24) is 0 Å². The molecule has 0 aliphatic heterocycles. The average molecular weight is 298 g/mol. The monoisotopic (exact) mass is 298 g/mol. The van der Waals surface area contributed by atoms with Gasteiger partial charge in [-0.3, -0.25) is 9.59 Å². The molecule has 0 bridgehead atoms. The number of hydrogen-bond donors (Lipinski definition) is 1. The molecule has 0 aromatic heterocycles. The molecular weight excluding hydrogens is 280 g/mol. The maximum atomic E-state index is 11.5. The van der Waals surface area contributed by atoms with Crippen molar-refractivity contribution in [2.75, 3.05) is 19.0 Å². The van der Waals surface area contributed by atoms with Crippen LogP contribution in [0.4, 0.5) is 0 Å². The van der Waals surface area contributed by atoms with E-state index >= 15 is 0 Å². The van der Waals surface area contributed by atoms with E-state index < -0.39 is 5.97 Å². The number of phenols is 1. The Bertz CT molecular complexity index is 473. The van der Waals surface area contributed by atoms with Crippen LogP contribution in [0.3, 0.4) is 0 Å². The van der Waals surface area contributed by atoms with Crippen LogP contribution in [0.2, 0.25) is 0 Å². The Morgan fingerprint density at radius 2 is 1.80 bits per heavy atom. The molecule has 0 heterocycles. The molecule has 0 radical (unpaired) electrons. The number of benzene rings is 1. The summed E-state index contributed by atoms with van der Waals surface area (Å²) in [5.74, 6) is -0.588. The van der Waals surface area contributed by atoms with Gasteiger partial charge in [-0.05, 0) is 26.0 Å². The quantitative estimate of drug-likeness (QED) is 0.614. The zero-order chi connectivity index (χ0) is 15.0. The second kappa shape index (κ2) is 8.47. The molecule has 0 unspecified atom stereocenters. The molecule has 0 saturated carbocycles. The van der Waals surface area contributed by atoms with Gasteiger partial charge in [-0.2, -0.15) is 0 Å². The summed E-state index contributed by atoms with van der Waals surface area (Å²) >= 11 is 1.23. The summed E-state index contributed by atoms with van der Waals surface area (Å²) in [7, 11) is 0. The molecule has 0 aliphatic rings. The highest BCUT2D eigenvalue weighted by Gasteiger charge is 2.14. The summed E-state index contributed by atoms with van der Waals surface area (Å²) in [6.45, 7) is 4.08. The summed E-state index contributed by atoms with van der Waals surface area (Å²) in [4.78, 5) is 23.5. The molecule has 0 atom stereocenters. The topological polar surface area (TPSA) is 72.8 Å². The average Bonchev–Trinajstić information content (AvgIpc) is 2.40. The van der Waals surface area contributed by atoms with Crippen LogP contribution in [0.5, 0.6) is 5.75 Å². The third-order valence-corrected chi connectivity index (χ3v) is 3.46. The van der Waals surface area contributed by atoms with Gasteiger partial charge in [-0.15, -0.1) is 11.8 Å². The van der Waals surface area contributed by atoms with E-state index in [2.05, 4.69) is 0 Å². The summed E-state index contributed by atoms with van der Waals surface area (Å²) in [5.41, 5.74) is 0.472. The summed E-state index contributed by atoms with van der Waals surface area (Å²) in [5, 5.41) is 9.84. The van der Waals surface area contributed by atoms with E-state index in [-0.39, 0.29) is 30.5 Å². The first-order valence-electron chi connectivity index (χ1n) is 6.33. The summed E-state index contributed by atoms with van der Waals surface area (Å²) in [6, 6.07) is 4.92. The first-order chi connectivity index (χ1) is 9.58. The second-order valence-electron chi connectivity index (χ2n) is 3.83. The standard InChI is InChI=1S/C14H18O5S/c1-3-18-13(16)8-10-11(15)6-5-7-12(10)20-9-14(17)19-4-2/h5-7,15H,3-4,8-9H2,1-2H3. The van der Waals surface area contributed by atoms with E-state index in [1.54, 1.807) is 26.0 Å². The maximum Gasteiger partial charge on any atom is 0.316 e. The molecule has 1 rings (SSSR count). The van der Waals surface area contributed by atoms with E-state index in [1.807, 2.05) is 0 Å². The highest BCUT2D eigenvalue weighted by atomic mass is 32.2. The first-order valence-corrected chi connectivity index (χ1v) is 7.31. The predicted molar refractivity (Wildman–Crippen MR) is 75.8 cm³/mol. The van der Waals surface area contributed by atoms with Gasteiger partial charge in [0.25, 0.3) is 0 Å². The third kappa shape index (κ3) is 5.13. The van der Waals surface area contributed by atoms with E-state index in [4.69, 9.17) is 9.47 Å². The number of rotatable bonds is 7. The fourth-order valence-electron chi connectivity index (χ4n) is 1.56. The van der Waals surface area contributed by atoms with Crippen LogP contribution >= 0.6 is 11.8 Å². The second-order valence-corrected chi connectivity index (χ2v) is 4.85. The number of thioether (sulfide) groups is 1. The smallest absolute Gasteiger partial charge is 0.316 e. The van der Waals surface area contributed by atoms with Gasteiger partial charge in [-0.1, -0.05) is 6.07 Å². The maximum absolute atomic E-state index is 11.5. The molecule has 1 N–H and O–H groups in total. The van der Waals surface area contributed by atoms with Gasteiger partial charge in [0.15, 0.2) is 0 Å². The van der Waals surface area contributed by atoms with Gasteiger partial charge < -0.3 is 14.6 Å². The van der Waals surface area contributed by atoms with Crippen molar-refractivity contribution in [3.8, 4) is 5.75 Å². The Balaban J connectivity index is 2.77. The van der Waals surface area contributed by atoms with Gasteiger partial charge in [0.1, 0.15) is 5.75 Å². The first kappa shape index (κ1) is 16.4. The van der Waals surface area contributed by atoms with Crippen LogP contribution in [-0.4, -0.2) is 36.0 Å². The molecule has 6 heteroatoms. The molecular formula is C14H18O5S. The van der Waals surface area contributed by atoms with Crippen LogP contribution < -0.4 is 0 Å². The number of esters is 2. The molecule has 0 fully saturated rings. The number of carbonyl (C=O) groups excluding carboxylic acids is 2. The van der Waals surface area contributed by atoms with Crippen molar-refractivity contribution in [3.63, 3.8) is 0 Å². The number of phenolic OH excluding ortho intramolecular Hbond substituents is 1. The van der Waals surface area contributed by atoms with Crippen LogP contribution in [0.25, 0.3) is 0 Å². The zero-order valence-corrected chi connectivity index (χ0v) is 12.4. The molecule has 20 heavy (non-hydrogen) atoms. The lowest BCUT2D eigenvalue weighted by Crippen LogP contribution is -2.10. The number of carbonyl (C=O) groups is 2. The van der Waals surface area contributed by atoms with Crippen LogP contribution in [0.15, 0.2) is 23.1 Å². The lowest BCUT2D eigenvalue weighted by Gasteiger charge is -2.10. The fraction of sp³-hybridized carbons (Fsp3) is 0.429. The number of aromatic hydroxyl groups is 1. The van der Waals surface area contributed by atoms with Gasteiger partial charge in [0, 0.05) is 10.5 Å². The predicted octanol–water partition coefficient (Wildman–Crippen LogP) is 2.15. The Morgan fingerprint density at radius 1 is 1.15 bits per heavy atom. The van der Waals surface area contributed by atoms with Crippen molar-refractivity contribution < 1.29 is 24.2 Å². The zero-order valence-electron chi connectivity index (χ0n) is 11.5. The van der Waals surface area contributed by atoms with E-state index in [0.717, 1.165) is 0 Å². The molecule has 0 amide bonds. The molecule has 0 spiro atoms. The van der Waals surface area contributed by atoms with E-state index in [9.17, 15) is 14.7 Å². The minimum absolute atomic E-state index is 0.0203. The largest absolute Gasteiger partial charge is 0.508 e. The van der Waals surface area contributed by atoms with Gasteiger partial charge in [0.05, 0.1) is 25.4 Å². The minimum atomic E-state index is -0.410. The highest BCUT2D eigenvalue weighted by molar-refractivity contribution is 8.00. The Morgan fingerprint density at radius 3 is 2.45 bits per heavy atom. The Labute approximate surface area is 122 Å². The highest BCUT2D eigenvalue weighted by Crippen LogP contribution is 2.30. The molecule has 0 aliphatic carbocycles. The molecule has 5 nitrogen and oxygen atoms in total. The Kier molecular flexibility index (Phi) is 6.93. The van der Waals surface area contributed by atoms with Gasteiger partial charge in [0.2, 0.25) is 0 Å². The van der Waals surface area contributed by atoms with Crippen molar-refractivity contribution >= 4 is 23.7 Å². The van der Waals surface area contributed by atoms with Crippen LogP contribution in [0, 0.1) is 0 Å². The normalized spacial score (nSPS) is 10.1. The molecule has 1 aromatic carbocycles. The third-order valence-electron chi connectivity index (χ3n) is 2.39.